The summed E-state index contributed by atoms with van der Waals surface area (Å²) in [5.41, 5.74) is 1.14. The summed E-state index contributed by atoms with van der Waals surface area (Å²) in [5.74, 6) is 0.955. The van der Waals surface area contributed by atoms with Crippen molar-refractivity contribution >= 4 is 0 Å². The largest absolute Gasteiger partial charge is 0.469 e. The molecule has 1 aromatic heterocycles. The Bertz CT molecular complexity index is 248. The molecule has 2 nitrogen and oxygen atoms in total. The minimum Gasteiger partial charge on any atom is -0.469 e. The van der Waals surface area contributed by atoms with Gasteiger partial charge in [0.05, 0.1) is 6.26 Å². The fourth-order valence-electron chi connectivity index (χ4n) is 1.17. The van der Waals surface area contributed by atoms with Crippen molar-refractivity contribution in [1.82, 2.24) is 0 Å². The van der Waals surface area contributed by atoms with Crippen LogP contribution in [0, 0.1) is 12.3 Å². The van der Waals surface area contributed by atoms with Crippen LogP contribution in [0.5, 0.6) is 0 Å². The molecule has 0 saturated heterocycles. The molecule has 0 aromatic carbocycles. The Kier molecular flexibility index (Phi) is 2.58. The third-order valence-corrected chi connectivity index (χ3v) is 2.06. The molecule has 0 aliphatic heterocycles. The number of aliphatic hydroxyl groups is 1. The molecule has 0 fully saturated rings. The number of hydrogen-bond acceptors (Lipinski definition) is 2. The quantitative estimate of drug-likeness (QED) is 0.750. The van der Waals surface area contributed by atoms with E-state index in [9.17, 15) is 0 Å². The van der Waals surface area contributed by atoms with Crippen LogP contribution in [0.3, 0.4) is 0 Å². The third kappa shape index (κ3) is 2.11. The molecule has 0 spiro atoms. The smallest absolute Gasteiger partial charge is 0.103 e. The summed E-state index contributed by atoms with van der Waals surface area (Å²) in [7, 11) is 0. The fourth-order valence-corrected chi connectivity index (χ4v) is 1.17. The molecule has 68 valence electrons. The minimum absolute atomic E-state index is 0.0470. The second-order valence-corrected chi connectivity index (χ2v) is 4.00. The van der Waals surface area contributed by atoms with E-state index in [0.717, 1.165) is 12.2 Å². The summed E-state index contributed by atoms with van der Waals surface area (Å²) in [6.07, 6.45) is 2.56. The van der Waals surface area contributed by atoms with Gasteiger partial charge in [-0.05, 0) is 30.4 Å². The topological polar surface area (TPSA) is 33.4 Å². The van der Waals surface area contributed by atoms with Gasteiger partial charge in [-0.1, -0.05) is 13.8 Å². The zero-order chi connectivity index (χ0) is 9.19. The number of rotatable bonds is 3. The average molecular weight is 168 g/mol. The molecule has 0 atom stereocenters. The molecule has 0 aliphatic carbocycles. The molecule has 1 heterocycles. The predicted molar refractivity (Wildman–Crippen MR) is 48.0 cm³/mol. The van der Waals surface area contributed by atoms with E-state index in [4.69, 9.17) is 9.52 Å². The Morgan fingerprint density at radius 2 is 2.17 bits per heavy atom. The molecule has 0 unspecified atom stereocenters. The van der Waals surface area contributed by atoms with Gasteiger partial charge < -0.3 is 9.52 Å². The van der Waals surface area contributed by atoms with Crippen LogP contribution < -0.4 is 0 Å². The SMILES string of the molecule is Cc1occc1CC(C)(C)CO. The zero-order valence-electron chi connectivity index (χ0n) is 7.92. The Labute approximate surface area is 73.2 Å². The van der Waals surface area contributed by atoms with Gasteiger partial charge in [-0.15, -0.1) is 0 Å². The highest BCUT2D eigenvalue weighted by molar-refractivity contribution is 5.16. The molecule has 0 saturated carbocycles. The first-order valence-electron chi connectivity index (χ1n) is 4.19. The normalized spacial score (nSPS) is 12.0. The highest BCUT2D eigenvalue weighted by atomic mass is 16.3. The number of furan rings is 1. The van der Waals surface area contributed by atoms with E-state index in [1.807, 2.05) is 26.8 Å². The second-order valence-electron chi connectivity index (χ2n) is 4.00. The van der Waals surface area contributed by atoms with E-state index in [0.29, 0.717) is 0 Å². The second kappa shape index (κ2) is 3.31. The van der Waals surface area contributed by atoms with Gasteiger partial charge in [-0.25, -0.2) is 0 Å². The van der Waals surface area contributed by atoms with Gasteiger partial charge in [0.25, 0.3) is 0 Å². The number of aliphatic hydroxyl groups excluding tert-OH is 1. The van der Waals surface area contributed by atoms with Crippen molar-refractivity contribution in [1.29, 1.82) is 0 Å². The lowest BCUT2D eigenvalue weighted by Crippen LogP contribution is -2.19. The maximum atomic E-state index is 9.05. The van der Waals surface area contributed by atoms with Gasteiger partial charge in [0.15, 0.2) is 0 Å². The first kappa shape index (κ1) is 9.33. The Balaban J connectivity index is 2.70. The van der Waals surface area contributed by atoms with Crippen LogP contribution in [-0.4, -0.2) is 11.7 Å². The molecule has 0 amide bonds. The number of aryl methyl sites for hydroxylation is 1. The van der Waals surface area contributed by atoms with Crippen molar-refractivity contribution in [2.75, 3.05) is 6.61 Å². The highest BCUT2D eigenvalue weighted by Crippen LogP contribution is 2.23. The Hall–Kier alpha value is -0.760. The lowest BCUT2D eigenvalue weighted by molar-refractivity contribution is 0.159. The van der Waals surface area contributed by atoms with E-state index in [2.05, 4.69) is 0 Å². The monoisotopic (exact) mass is 168 g/mol. The maximum Gasteiger partial charge on any atom is 0.103 e. The van der Waals surface area contributed by atoms with Crippen molar-refractivity contribution in [2.24, 2.45) is 5.41 Å². The van der Waals surface area contributed by atoms with E-state index < -0.39 is 0 Å². The van der Waals surface area contributed by atoms with Gasteiger partial charge >= 0.3 is 0 Å². The van der Waals surface area contributed by atoms with Crippen molar-refractivity contribution in [3.05, 3.63) is 23.7 Å². The van der Waals surface area contributed by atoms with Crippen LogP contribution in [-0.2, 0) is 6.42 Å². The van der Waals surface area contributed by atoms with Crippen LogP contribution >= 0.6 is 0 Å². The van der Waals surface area contributed by atoms with Gasteiger partial charge in [-0.3, -0.25) is 0 Å². The first-order chi connectivity index (χ1) is 5.55. The third-order valence-electron chi connectivity index (χ3n) is 2.06. The lowest BCUT2D eigenvalue weighted by atomic mass is 9.87. The van der Waals surface area contributed by atoms with E-state index in [1.165, 1.54) is 5.56 Å². The molecular formula is C10H16O2. The predicted octanol–water partition coefficient (Wildman–Crippen LogP) is 2.15. The van der Waals surface area contributed by atoms with E-state index in [1.54, 1.807) is 6.26 Å². The van der Waals surface area contributed by atoms with Crippen LogP contribution in [0.25, 0.3) is 0 Å². The average Bonchev–Trinajstić information content (AvgIpc) is 2.36. The Morgan fingerprint density at radius 1 is 1.50 bits per heavy atom. The summed E-state index contributed by atoms with van der Waals surface area (Å²) in [5, 5.41) is 9.05. The van der Waals surface area contributed by atoms with Gasteiger partial charge in [-0.2, -0.15) is 0 Å². The summed E-state index contributed by atoms with van der Waals surface area (Å²) in [6, 6.07) is 1.97. The number of hydrogen-bond donors (Lipinski definition) is 1. The van der Waals surface area contributed by atoms with Crippen LogP contribution in [0.1, 0.15) is 25.2 Å². The lowest BCUT2D eigenvalue weighted by Gasteiger charge is -2.20. The van der Waals surface area contributed by atoms with E-state index in [-0.39, 0.29) is 12.0 Å². The van der Waals surface area contributed by atoms with Crippen LogP contribution in [0.2, 0.25) is 0 Å². The van der Waals surface area contributed by atoms with E-state index >= 15 is 0 Å². The first-order valence-corrected chi connectivity index (χ1v) is 4.19. The molecule has 0 bridgehead atoms. The molecule has 2 heteroatoms. The molecule has 0 radical (unpaired) electrons. The molecule has 12 heavy (non-hydrogen) atoms. The summed E-state index contributed by atoms with van der Waals surface area (Å²) in [4.78, 5) is 0. The molecule has 1 rings (SSSR count). The molecule has 1 N–H and O–H groups in total. The fraction of sp³-hybridized carbons (Fsp3) is 0.600. The molecule has 1 aromatic rings. The molecular weight excluding hydrogens is 152 g/mol. The highest BCUT2D eigenvalue weighted by Gasteiger charge is 2.18. The van der Waals surface area contributed by atoms with Crippen LogP contribution in [0.15, 0.2) is 16.7 Å². The Morgan fingerprint density at radius 3 is 2.58 bits per heavy atom. The van der Waals surface area contributed by atoms with Crippen molar-refractivity contribution < 1.29 is 9.52 Å². The zero-order valence-corrected chi connectivity index (χ0v) is 7.92. The summed E-state index contributed by atoms with van der Waals surface area (Å²) >= 11 is 0. The summed E-state index contributed by atoms with van der Waals surface area (Å²) in [6.45, 7) is 6.24. The maximum absolute atomic E-state index is 9.05. The van der Waals surface area contributed by atoms with Crippen LogP contribution in [0.4, 0.5) is 0 Å². The minimum atomic E-state index is -0.0470. The van der Waals surface area contributed by atoms with Crippen molar-refractivity contribution in [3.63, 3.8) is 0 Å². The van der Waals surface area contributed by atoms with Crippen molar-refractivity contribution in [2.45, 2.75) is 27.2 Å². The van der Waals surface area contributed by atoms with Crippen molar-refractivity contribution in [3.8, 4) is 0 Å². The summed E-state index contributed by atoms with van der Waals surface area (Å²) < 4.78 is 5.17. The standard InChI is InChI=1S/C10H16O2/c1-8-9(4-5-12-8)6-10(2,3)7-11/h4-5,11H,6-7H2,1-3H3. The van der Waals surface area contributed by atoms with Gasteiger partial charge in [0.1, 0.15) is 5.76 Å². The van der Waals surface area contributed by atoms with Gasteiger partial charge in [0, 0.05) is 6.61 Å². The van der Waals surface area contributed by atoms with Gasteiger partial charge in [0.2, 0.25) is 0 Å². The molecule has 0 aliphatic rings.